The average molecular weight is 351 g/mol. The molecule has 1 saturated heterocycles. The summed E-state index contributed by atoms with van der Waals surface area (Å²) in [5.74, 6) is 0.431. The Labute approximate surface area is 157 Å². The van der Waals surface area contributed by atoms with Crippen LogP contribution in [0.4, 0.5) is 0 Å². The van der Waals surface area contributed by atoms with E-state index >= 15 is 0 Å². The molecule has 0 unspecified atom stereocenters. The van der Waals surface area contributed by atoms with Gasteiger partial charge in [-0.3, -0.25) is 4.79 Å². The van der Waals surface area contributed by atoms with Crippen LogP contribution in [-0.2, 0) is 17.6 Å². The Kier molecular flexibility index (Phi) is 7.26. The molecule has 3 nitrogen and oxygen atoms in total. The highest BCUT2D eigenvalue weighted by atomic mass is 16.1. The highest BCUT2D eigenvalue weighted by molar-refractivity contribution is 5.78. The van der Waals surface area contributed by atoms with Gasteiger partial charge in [0.25, 0.3) is 0 Å². The number of hydrogen-bond donors (Lipinski definition) is 1. The summed E-state index contributed by atoms with van der Waals surface area (Å²) in [6.07, 6.45) is 5.22. The lowest BCUT2D eigenvalue weighted by molar-refractivity contribution is -0.126. The fraction of sp³-hybridized carbons (Fsp3) is 0.435. The van der Waals surface area contributed by atoms with Gasteiger partial charge in [0, 0.05) is 12.5 Å². The average Bonchev–Trinajstić information content (AvgIpc) is 2.70. The van der Waals surface area contributed by atoms with Crippen molar-refractivity contribution in [1.29, 1.82) is 0 Å². The topological polar surface area (TPSA) is 32.3 Å². The van der Waals surface area contributed by atoms with Gasteiger partial charge in [-0.2, -0.15) is 0 Å². The van der Waals surface area contributed by atoms with Gasteiger partial charge < -0.3 is 10.2 Å². The molecule has 1 heterocycles. The number of carbonyl (C=O) groups is 1. The van der Waals surface area contributed by atoms with E-state index in [1.54, 1.807) is 0 Å². The minimum Gasteiger partial charge on any atom is -0.356 e. The van der Waals surface area contributed by atoms with Gasteiger partial charge in [-0.1, -0.05) is 60.7 Å². The number of nitrogens with one attached hydrogen (secondary N) is 1. The van der Waals surface area contributed by atoms with Crippen molar-refractivity contribution in [2.24, 2.45) is 5.92 Å². The molecule has 138 valence electrons. The molecule has 0 atom stereocenters. The Bertz CT molecular complexity index is 648. The fourth-order valence-electron chi connectivity index (χ4n) is 3.69. The number of likely N-dealkylation sites (tertiary alicyclic amines) is 1. The number of piperidine rings is 1. The second-order valence-electron chi connectivity index (χ2n) is 7.23. The van der Waals surface area contributed by atoms with E-state index in [1.165, 1.54) is 17.5 Å². The fourth-order valence-corrected chi connectivity index (χ4v) is 3.69. The molecule has 1 N–H and O–H groups in total. The van der Waals surface area contributed by atoms with Crippen molar-refractivity contribution < 1.29 is 4.79 Å². The molecule has 26 heavy (non-hydrogen) atoms. The number of nitrogens with zero attached hydrogens (tertiary/aromatic N) is 1. The van der Waals surface area contributed by atoms with E-state index in [9.17, 15) is 4.79 Å². The molecule has 1 aliphatic heterocycles. The molecule has 1 fully saturated rings. The molecule has 2 aromatic carbocycles. The molecule has 0 aromatic heterocycles. The SMILES string of the molecule is O=C(NCCc1ccccc1)C1CCN(CCCc2ccccc2)CC1. The smallest absolute Gasteiger partial charge is 0.223 e. The lowest BCUT2D eigenvalue weighted by Crippen LogP contribution is -2.41. The van der Waals surface area contributed by atoms with Gasteiger partial charge in [0.1, 0.15) is 0 Å². The second-order valence-corrected chi connectivity index (χ2v) is 7.23. The van der Waals surface area contributed by atoms with E-state index in [0.29, 0.717) is 0 Å². The van der Waals surface area contributed by atoms with Gasteiger partial charge >= 0.3 is 0 Å². The van der Waals surface area contributed by atoms with Gasteiger partial charge in [0.05, 0.1) is 0 Å². The van der Waals surface area contributed by atoms with Crippen LogP contribution in [0.3, 0.4) is 0 Å². The maximum absolute atomic E-state index is 12.4. The second kappa shape index (κ2) is 10.1. The summed E-state index contributed by atoms with van der Waals surface area (Å²) >= 11 is 0. The molecule has 1 amide bonds. The van der Waals surface area contributed by atoms with E-state index in [4.69, 9.17) is 0 Å². The standard InChI is InChI=1S/C23H30N2O/c26-23(24-16-13-21-10-5-2-6-11-21)22-14-18-25(19-15-22)17-7-12-20-8-3-1-4-9-20/h1-6,8-11,22H,7,12-19H2,(H,24,26). The highest BCUT2D eigenvalue weighted by Gasteiger charge is 2.24. The van der Waals surface area contributed by atoms with Crippen molar-refractivity contribution >= 4 is 5.91 Å². The predicted molar refractivity (Wildman–Crippen MR) is 107 cm³/mol. The van der Waals surface area contributed by atoms with Crippen molar-refractivity contribution in [1.82, 2.24) is 10.2 Å². The Balaban J connectivity index is 1.29. The van der Waals surface area contributed by atoms with Gasteiger partial charge in [-0.25, -0.2) is 0 Å². The minimum atomic E-state index is 0.191. The van der Waals surface area contributed by atoms with E-state index in [2.05, 4.69) is 52.7 Å². The van der Waals surface area contributed by atoms with Gasteiger partial charge in [0.2, 0.25) is 5.91 Å². The lowest BCUT2D eigenvalue weighted by atomic mass is 9.95. The number of carbonyl (C=O) groups excluding carboxylic acids is 1. The number of rotatable bonds is 8. The molecule has 0 radical (unpaired) electrons. The van der Waals surface area contributed by atoms with Crippen LogP contribution in [0.15, 0.2) is 60.7 Å². The lowest BCUT2D eigenvalue weighted by Gasteiger charge is -2.31. The van der Waals surface area contributed by atoms with Crippen molar-refractivity contribution in [3.63, 3.8) is 0 Å². The normalized spacial score (nSPS) is 15.7. The Morgan fingerprint density at radius 1 is 0.885 bits per heavy atom. The third-order valence-electron chi connectivity index (χ3n) is 5.30. The molecule has 1 aliphatic rings. The predicted octanol–water partition coefficient (Wildman–Crippen LogP) is 3.69. The molecule has 0 bridgehead atoms. The van der Waals surface area contributed by atoms with Crippen LogP contribution in [0, 0.1) is 5.92 Å². The molecule has 3 rings (SSSR count). The van der Waals surface area contributed by atoms with E-state index < -0.39 is 0 Å². The van der Waals surface area contributed by atoms with E-state index in [0.717, 1.165) is 51.9 Å². The maximum atomic E-state index is 12.4. The van der Waals surface area contributed by atoms with Crippen LogP contribution < -0.4 is 5.32 Å². The van der Waals surface area contributed by atoms with Crippen LogP contribution in [0.5, 0.6) is 0 Å². The van der Waals surface area contributed by atoms with Crippen LogP contribution >= 0.6 is 0 Å². The largest absolute Gasteiger partial charge is 0.356 e. The van der Waals surface area contributed by atoms with Crippen molar-refractivity contribution in [2.75, 3.05) is 26.2 Å². The monoisotopic (exact) mass is 350 g/mol. The summed E-state index contributed by atoms with van der Waals surface area (Å²) in [5, 5.41) is 3.12. The molecule has 0 saturated carbocycles. The summed E-state index contributed by atoms with van der Waals surface area (Å²) < 4.78 is 0. The zero-order valence-electron chi connectivity index (χ0n) is 15.6. The quantitative estimate of drug-likeness (QED) is 0.787. The molecule has 0 aliphatic carbocycles. The molecular formula is C23H30N2O. The van der Waals surface area contributed by atoms with Crippen molar-refractivity contribution in [3.8, 4) is 0 Å². The Morgan fingerprint density at radius 2 is 1.46 bits per heavy atom. The van der Waals surface area contributed by atoms with Gasteiger partial charge in [-0.05, 0) is 62.9 Å². The number of amides is 1. The van der Waals surface area contributed by atoms with Crippen LogP contribution in [-0.4, -0.2) is 37.0 Å². The summed E-state index contributed by atoms with van der Waals surface area (Å²) in [4.78, 5) is 14.9. The third kappa shape index (κ3) is 5.99. The summed E-state index contributed by atoms with van der Waals surface area (Å²) in [6, 6.07) is 21.0. The maximum Gasteiger partial charge on any atom is 0.223 e. The molecule has 0 spiro atoms. The van der Waals surface area contributed by atoms with Crippen LogP contribution in [0.2, 0.25) is 0 Å². The Morgan fingerprint density at radius 3 is 2.08 bits per heavy atom. The number of hydrogen-bond acceptors (Lipinski definition) is 2. The Hall–Kier alpha value is -2.13. The van der Waals surface area contributed by atoms with Crippen LogP contribution in [0.25, 0.3) is 0 Å². The van der Waals surface area contributed by atoms with E-state index in [1.807, 2.05) is 18.2 Å². The first-order valence-corrected chi connectivity index (χ1v) is 9.89. The van der Waals surface area contributed by atoms with Crippen LogP contribution in [0.1, 0.15) is 30.4 Å². The zero-order chi connectivity index (χ0) is 18.0. The van der Waals surface area contributed by atoms with Gasteiger partial charge in [-0.15, -0.1) is 0 Å². The zero-order valence-corrected chi connectivity index (χ0v) is 15.6. The first-order valence-electron chi connectivity index (χ1n) is 9.89. The molecule has 3 heteroatoms. The summed E-state index contributed by atoms with van der Waals surface area (Å²) in [6.45, 7) is 3.97. The van der Waals surface area contributed by atoms with E-state index in [-0.39, 0.29) is 11.8 Å². The molecular weight excluding hydrogens is 320 g/mol. The minimum absolute atomic E-state index is 0.191. The number of aryl methyl sites for hydroxylation is 1. The van der Waals surface area contributed by atoms with Crippen molar-refractivity contribution in [2.45, 2.75) is 32.1 Å². The summed E-state index contributed by atoms with van der Waals surface area (Å²) in [7, 11) is 0. The summed E-state index contributed by atoms with van der Waals surface area (Å²) in [5.41, 5.74) is 2.70. The third-order valence-corrected chi connectivity index (χ3v) is 5.30. The number of benzene rings is 2. The highest BCUT2D eigenvalue weighted by Crippen LogP contribution is 2.18. The van der Waals surface area contributed by atoms with Gasteiger partial charge in [0.15, 0.2) is 0 Å². The van der Waals surface area contributed by atoms with Crippen molar-refractivity contribution in [3.05, 3.63) is 71.8 Å². The first kappa shape index (κ1) is 18.7. The molecule has 2 aromatic rings. The first-order chi connectivity index (χ1) is 12.8.